The largest absolute Gasteiger partial charge is 0.416 e. The first-order valence-electron chi connectivity index (χ1n) is 5.05. The molecule has 0 aliphatic rings. The number of hydrogen-bond acceptors (Lipinski definition) is 3. The van der Waals surface area contributed by atoms with Gasteiger partial charge in [-0.15, -0.1) is 0 Å². The van der Waals surface area contributed by atoms with E-state index in [-0.39, 0.29) is 15.8 Å². The number of alkyl halides is 3. The number of hydrogen-bond donors (Lipinski definition) is 2. The molecule has 2 rings (SSSR count). The van der Waals surface area contributed by atoms with E-state index in [0.29, 0.717) is 5.69 Å². The van der Waals surface area contributed by atoms with E-state index in [1.165, 1.54) is 18.5 Å². The number of H-pyrrole nitrogens is 1. The van der Waals surface area contributed by atoms with Gasteiger partial charge in [0.15, 0.2) is 5.82 Å². The van der Waals surface area contributed by atoms with Crippen LogP contribution in [-0.2, 0) is 6.18 Å². The van der Waals surface area contributed by atoms with Crippen LogP contribution in [0.25, 0.3) is 0 Å². The number of halogens is 4. The van der Waals surface area contributed by atoms with E-state index in [9.17, 15) is 18.0 Å². The molecular formula is C11H7BrF3N3O. The van der Waals surface area contributed by atoms with Gasteiger partial charge in [-0.3, -0.25) is 4.79 Å². The van der Waals surface area contributed by atoms with Crippen molar-refractivity contribution < 1.29 is 13.2 Å². The summed E-state index contributed by atoms with van der Waals surface area (Å²) in [5.41, 5.74) is -0.729. The number of nitrogens with zero attached hydrogens (tertiary/aromatic N) is 1. The number of benzene rings is 1. The number of rotatable bonds is 2. The van der Waals surface area contributed by atoms with Crippen LogP contribution in [0.3, 0.4) is 0 Å². The lowest BCUT2D eigenvalue weighted by Crippen LogP contribution is -2.10. The standard InChI is InChI=1S/C11H7BrF3N3O/c12-8-9(16-5-17-10(8)19)18-7-3-1-6(2-4-7)11(13,14)15/h1-5H,(H2,16,17,18,19). The summed E-state index contributed by atoms with van der Waals surface area (Å²) < 4.78 is 37.3. The third kappa shape index (κ3) is 3.14. The predicted molar refractivity (Wildman–Crippen MR) is 67.3 cm³/mol. The third-order valence-corrected chi connectivity index (χ3v) is 3.01. The Hall–Kier alpha value is -1.83. The van der Waals surface area contributed by atoms with Gasteiger partial charge in [0.1, 0.15) is 4.47 Å². The van der Waals surface area contributed by atoms with E-state index in [1.807, 2.05) is 0 Å². The molecule has 2 aromatic rings. The van der Waals surface area contributed by atoms with E-state index in [2.05, 4.69) is 31.2 Å². The van der Waals surface area contributed by atoms with Crippen LogP contribution in [0, 0.1) is 0 Å². The molecule has 1 aromatic carbocycles. The first kappa shape index (κ1) is 13.6. The Morgan fingerprint density at radius 3 is 2.42 bits per heavy atom. The van der Waals surface area contributed by atoms with Crippen molar-refractivity contribution in [3.63, 3.8) is 0 Å². The van der Waals surface area contributed by atoms with Gasteiger partial charge >= 0.3 is 6.18 Å². The maximum absolute atomic E-state index is 12.4. The molecule has 0 aliphatic heterocycles. The summed E-state index contributed by atoms with van der Waals surface area (Å²) in [6.07, 6.45) is -3.18. The van der Waals surface area contributed by atoms with E-state index >= 15 is 0 Å². The first-order chi connectivity index (χ1) is 8.88. The average Bonchev–Trinajstić information content (AvgIpc) is 2.35. The zero-order valence-corrected chi connectivity index (χ0v) is 10.8. The van der Waals surface area contributed by atoms with Crippen molar-refractivity contribution in [3.05, 3.63) is 51.0 Å². The molecule has 0 aliphatic carbocycles. The summed E-state index contributed by atoms with van der Waals surface area (Å²) in [6, 6.07) is 4.42. The predicted octanol–water partition coefficient (Wildman–Crippen LogP) is 3.29. The van der Waals surface area contributed by atoms with Crippen LogP contribution in [0.1, 0.15) is 5.56 Å². The van der Waals surface area contributed by atoms with Gasteiger partial charge in [-0.2, -0.15) is 13.2 Å². The minimum atomic E-state index is -4.37. The van der Waals surface area contributed by atoms with Gasteiger partial charge in [-0.25, -0.2) is 4.98 Å². The van der Waals surface area contributed by atoms with Crippen LogP contribution in [-0.4, -0.2) is 9.97 Å². The summed E-state index contributed by atoms with van der Waals surface area (Å²) in [4.78, 5) is 17.5. The fourth-order valence-corrected chi connectivity index (χ4v) is 1.67. The Balaban J connectivity index is 2.25. The first-order valence-corrected chi connectivity index (χ1v) is 5.84. The summed E-state index contributed by atoms with van der Waals surface area (Å²) in [5.74, 6) is 0.225. The molecule has 0 fully saturated rings. The van der Waals surface area contributed by atoms with Crippen LogP contribution >= 0.6 is 15.9 Å². The Labute approximate surface area is 113 Å². The molecule has 0 unspecified atom stereocenters. The molecule has 0 spiro atoms. The van der Waals surface area contributed by atoms with Crippen molar-refractivity contribution in [3.8, 4) is 0 Å². The topological polar surface area (TPSA) is 57.8 Å². The van der Waals surface area contributed by atoms with E-state index in [0.717, 1.165) is 12.1 Å². The molecule has 1 heterocycles. The Kier molecular flexibility index (Phi) is 3.61. The van der Waals surface area contributed by atoms with Gasteiger partial charge in [0.05, 0.1) is 11.9 Å². The molecule has 2 N–H and O–H groups in total. The lowest BCUT2D eigenvalue weighted by molar-refractivity contribution is -0.137. The molecule has 8 heteroatoms. The number of nitrogens with one attached hydrogen (secondary N) is 2. The second-order valence-corrected chi connectivity index (χ2v) is 4.39. The van der Waals surface area contributed by atoms with Crippen LogP contribution in [0.2, 0.25) is 0 Å². The second-order valence-electron chi connectivity index (χ2n) is 3.59. The lowest BCUT2D eigenvalue weighted by atomic mass is 10.2. The molecule has 0 amide bonds. The summed E-state index contributed by atoms with van der Waals surface area (Å²) >= 11 is 3.04. The molecule has 1 aromatic heterocycles. The highest BCUT2D eigenvalue weighted by Crippen LogP contribution is 2.30. The maximum Gasteiger partial charge on any atom is 0.416 e. The number of aromatic nitrogens is 2. The highest BCUT2D eigenvalue weighted by molar-refractivity contribution is 9.10. The van der Waals surface area contributed by atoms with Crippen molar-refractivity contribution in [1.82, 2.24) is 9.97 Å². The zero-order valence-electron chi connectivity index (χ0n) is 9.25. The average molecular weight is 334 g/mol. The number of aromatic amines is 1. The molecule has 0 bridgehead atoms. The Morgan fingerprint density at radius 2 is 1.84 bits per heavy atom. The van der Waals surface area contributed by atoms with Gasteiger partial charge in [0.2, 0.25) is 0 Å². The number of anilines is 2. The van der Waals surface area contributed by atoms with Gasteiger partial charge < -0.3 is 10.3 Å². The summed E-state index contributed by atoms with van der Waals surface area (Å²) in [5, 5.41) is 2.75. The van der Waals surface area contributed by atoms with E-state index in [1.54, 1.807) is 0 Å². The van der Waals surface area contributed by atoms with Crippen LogP contribution < -0.4 is 10.9 Å². The van der Waals surface area contributed by atoms with E-state index < -0.39 is 11.7 Å². The molecule has 0 atom stereocenters. The van der Waals surface area contributed by atoms with Gasteiger partial charge in [0, 0.05) is 5.69 Å². The Morgan fingerprint density at radius 1 is 1.21 bits per heavy atom. The van der Waals surface area contributed by atoms with Gasteiger partial charge in [0.25, 0.3) is 5.56 Å². The Bertz CT molecular complexity index is 637. The molecule has 0 radical (unpaired) electrons. The lowest BCUT2D eigenvalue weighted by Gasteiger charge is -2.09. The van der Waals surface area contributed by atoms with E-state index in [4.69, 9.17) is 0 Å². The molecule has 0 saturated heterocycles. The quantitative estimate of drug-likeness (QED) is 0.886. The minimum absolute atomic E-state index is 0.176. The SMILES string of the molecule is O=c1[nH]cnc(Nc2ccc(C(F)(F)F)cc2)c1Br. The van der Waals surface area contributed by atoms with Gasteiger partial charge in [-0.1, -0.05) is 0 Å². The highest BCUT2D eigenvalue weighted by atomic mass is 79.9. The summed E-state index contributed by atoms with van der Waals surface area (Å²) in [7, 11) is 0. The van der Waals surface area contributed by atoms with Crippen LogP contribution in [0.15, 0.2) is 39.9 Å². The van der Waals surface area contributed by atoms with Crippen LogP contribution in [0.4, 0.5) is 24.7 Å². The molecule has 0 saturated carbocycles. The molecule has 4 nitrogen and oxygen atoms in total. The van der Waals surface area contributed by atoms with Crippen molar-refractivity contribution in [2.45, 2.75) is 6.18 Å². The van der Waals surface area contributed by atoms with Gasteiger partial charge in [-0.05, 0) is 40.2 Å². The fraction of sp³-hybridized carbons (Fsp3) is 0.0909. The minimum Gasteiger partial charge on any atom is -0.339 e. The molecule has 100 valence electrons. The third-order valence-electron chi connectivity index (χ3n) is 2.27. The smallest absolute Gasteiger partial charge is 0.339 e. The molecule has 19 heavy (non-hydrogen) atoms. The van der Waals surface area contributed by atoms with Crippen molar-refractivity contribution in [2.24, 2.45) is 0 Å². The van der Waals surface area contributed by atoms with Crippen molar-refractivity contribution >= 4 is 27.4 Å². The second kappa shape index (κ2) is 5.04. The normalized spacial score (nSPS) is 11.4. The fourth-order valence-electron chi connectivity index (χ4n) is 1.35. The van der Waals surface area contributed by atoms with Crippen molar-refractivity contribution in [2.75, 3.05) is 5.32 Å². The summed E-state index contributed by atoms with van der Waals surface area (Å²) in [6.45, 7) is 0. The van der Waals surface area contributed by atoms with Crippen molar-refractivity contribution in [1.29, 1.82) is 0 Å². The zero-order chi connectivity index (χ0) is 14.0. The monoisotopic (exact) mass is 333 g/mol. The maximum atomic E-state index is 12.4. The van der Waals surface area contributed by atoms with Crippen LogP contribution in [0.5, 0.6) is 0 Å². The highest BCUT2D eigenvalue weighted by Gasteiger charge is 2.29. The molecular weight excluding hydrogens is 327 g/mol.